The van der Waals surface area contributed by atoms with Gasteiger partial charge in [0.1, 0.15) is 17.4 Å². The molecule has 0 atom stereocenters. The highest BCUT2D eigenvalue weighted by molar-refractivity contribution is 5.96. The summed E-state index contributed by atoms with van der Waals surface area (Å²) in [5.74, 6) is 1.18. The second-order valence-electron chi connectivity index (χ2n) is 5.33. The lowest BCUT2D eigenvalue weighted by Gasteiger charge is -2.35. The molecule has 20 heavy (non-hydrogen) atoms. The summed E-state index contributed by atoms with van der Waals surface area (Å²) >= 11 is 0. The van der Waals surface area contributed by atoms with Crippen LogP contribution in [0.25, 0.3) is 11.0 Å². The topological polar surface area (TPSA) is 51.5 Å². The van der Waals surface area contributed by atoms with E-state index in [9.17, 15) is 4.79 Å². The fraction of sp³-hybridized carbons (Fsp3) is 0.438. The van der Waals surface area contributed by atoms with Crippen molar-refractivity contribution in [1.29, 1.82) is 0 Å². The molecule has 1 aromatic heterocycles. The van der Waals surface area contributed by atoms with Gasteiger partial charge in [-0.3, -0.25) is 4.79 Å². The van der Waals surface area contributed by atoms with Crippen molar-refractivity contribution >= 4 is 16.8 Å². The quantitative estimate of drug-likeness (QED) is 0.850. The number of rotatable bonds is 5. The van der Waals surface area contributed by atoms with Gasteiger partial charge in [-0.05, 0) is 43.7 Å². The van der Waals surface area contributed by atoms with E-state index in [1.807, 2.05) is 18.2 Å². The predicted octanol–water partition coefficient (Wildman–Crippen LogP) is 3.15. The Hall–Kier alpha value is -1.81. The maximum absolute atomic E-state index is 11.3. The van der Waals surface area contributed by atoms with Crippen LogP contribution in [0.15, 0.2) is 28.7 Å². The van der Waals surface area contributed by atoms with Crippen LogP contribution in [0.4, 0.5) is 0 Å². The van der Waals surface area contributed by atoms with Crippen LogP contribution in [-0.2, 0) is 0 Å². The molecule has 1 fully saturated rings. The minimum absolute atomic E-state index is 0.0591. The summed E-state index contributed by atoms with van der Waals surface area (Å²) in [6.45, 7) is 4.63. The second-order valence-corrected chi connectivity index (χ2v) is 5.33. The molecule has 1 N–H and O–H groups in total. The summed E-state index contributed by atoms with van der Waals surface area (Å²) in [4.78, 5) is 11.3. The van der Waals surface area contributed by atoms with E-state index in [0.29, 0.717) is 11.8 Å². The highest BCUT2D eigenvalue weighted by Crippen LogP contribution is 2.29. The van der Waals surface area contributed by atoms with Crippen molar-refractivity contribution in [3.8, 4) is 5.75 Å². The lowest BCUT2D eigenvalue weighted by molar-refractivity contribution is 0.0861. The van der Waals surface area contributed by atoms with E-state index >= 15 is 0 Å². The maximum atomic E-state index is 11.3. The fourth-order valence-corrected chi connectivity index (χ4v) is 2.58. The number of ether oxygens (including phenoxy) is 1. The Bertz CT molecular complexity index is 626. The zero-order valence-electron chi connectivity index (χ0n) is 11.8. The van der Waals surface area contributed by atoms with Crippen LogP contribution in [0.3, 0.4) is 0 Å². The Morgan fingerprint density at radius 1 is 1.40 bits per heavy atom. The van der Waals surface area contributed by atoms with Crippen molar-refractivity contribution < 1.29 is 13.9 Å². The van der Waals surface area contributed by atoms with Gasteiger partial charge < -0.3 is 14.5 Å². The van der Waals surface area contributed by atoms with Gasteiger partial charge in [0.15, 0.2) is 11.5 Å². The first kappa shape index (κ1) is 13.2. The standard InChI is InChI=1S/C16H19NO3/c1-3-17-12-8-14(9-12)19-13-4-5-15-11(6-13)7-16(20-15)10(2)18/h4-7,12,14,17H,3,8-9H2,1-2H3. The van der Waals surface area contributed by atoms with Gasteiger partial charge in [0.2, 0.25) is 0 Å². The van der Waals surface area contributed by atoms with E-state index in [0.717, 1.165) is 36.1 Å². The molecule has 0 aliphatic heterocycles. The summed E-state index contributed by atoms with van der Waals surface area (Å²) in [7, 11) is 0. The second kappa shape index (κ2) is 5.29. The van der Waals surface area contributed by atoms with Crippen molar-refractivity contribution in [3.63, 3.8) is 0 Å². The molecule has 0 spiro atoms. The molecule has 2 aromatic rings. The Balaban J connectivity index is 1.69. The van der Waals surface area contributed by atoms with Crippen LogP contribution in [0, 0.1) is 0 Å². The molecule has 0 unspecified atom stereocenters. The summed E-state index contributed by atoms with van der Waals surface area (Å²) in [5, 5.41) is 4.32. The molecule has 3 rings (SSSR count). The van der Waals surface area contributed by atoms with Crippen molar-refractivity contribution in [1.82, 2.24) is 5.32 Å². The van der Waals surface area contributed by atoms with Crippen molar-refractivity contribution in [2.45, 2.75) is 38.8 Å². The van der Waals surface area contributed by atoms with Crippen LogP contribution >= 0.6 is 0 Å². The van der Waals surface area contributed by atoms with Gasteiger partial charge in [0.05, 0.1) is 0 Å². The number of benzene rings is 1. The molecular formula is C16H19NO3. The first-order valence-corrected chi connectivity index (χ1v) is 7.10. The van der Waals surface area contributed by atoms with E-state index in [2.05, 4.69) is 12.2 Å². The molecule has 0 radical (unpaired) electrons. The summed E-state index contributed by atoms with van der Waals surface area (Å²) in [6, 6.07) is 8.05. The number of hydrogen-bond acceptors (Lipinski definition) is 4. The smallest absolute Gasteiger partial charge is 0.194 e. The average Bonchev–Trinajstić information content (AvgIpc) is 2.79. The number of hydrogen-bond donors (Lipinski definition) is 1. The SMILES string of the molecule is CCNC1CC(Oc2ccc3oc(C(C)=O)cc3c2)C1. The van der Waals surface area contributed by atoms with E-state index in [4.69, 9.17) is 9.15 Å². The third-order valence-corrected chi connectivity index (χ3v) is 3.73. The van der Waals surface area contributed by atoms with Gasteiger partial charge in [-0.1, -0.05) is 6.92 Å². The van der Waals surface area contributed by atoms with Crippen LogP contribution in [0.1, 0.15) is 37.2 Å². The monoisotopic (exact) mass is 273 g/mol. The molecule has 1 aliphatic carbocycles. The molecule has 4 nitrogen and oxygen atoms in total. The zero-order chi connectivity index (χ0) is 14.1. The largest absolute Gasteiger partial charge is 0.490 e. The molecule has 0 bridgehead atoms. The first-order valence-electron chi connectivity index (χ1n) is 7.10. The van der Waals surface area contributed by atoms with Crippen molar-refractivity contribution in [2.75, 3.05) is 6.54 Å². The molecule has 4 heteroatoms. The number of ketones is 1. The zero-order valence-corrected chi connectivity index (χ0v) is 11.8. The van der Waals surface area contributed by atoms with Gasteiger partial charge in [0, 0.05) is 18.4 Å². The van der Waals surface area contributed by atoms with Gasteiger partial charge in [-0.15, -0.1) is 0 Å². The molecule has 1 aromatic carbocycles. The molecule has 0 saturated heterocycles. The normalized spacial score (nSPS) is 21.7. The van der Waals surface area contributed by atoms with Gasteiger partial charge in [-0.2, -0.15) is 0 Å². The Labute approximate surface area is 118 Å². The lowest BCUT2D eigenvalue weighted by atomic mass is 9.89. The van der Waals surface area contributed by atoms with E-state index in [-0.39, 0.29) is 11.9 Å². The highest BCUT2D eigenvalue weighted by atomic mass is 16.5. The van der Waals surface area contributed by atoms with Gasteiger partial charge in [0.25, 0.3) is 0 Å². The van der Waals surface area contributed by atoms with Gasteiger partial charge >= 0.3 is 0 Å². The number of furan rings is 1. The Kier molecular flexibility index (Phi) is 3.49. The maximum Gasteiger partial charge on any atom is 0.194 e. The minimum atomic E-state index is -0.0591. The summed E-state index contributed by atoms with van der Waals surface area (Å²) in [6.07, 6.45) is 2.39. The van der Waals surface area contributed by atoms with Crippen molar-refractivity contribution in [2.24, 2.45) is 0 Å². The Morgan fingerprint density at radius 2 is 2.20 bits per heavy atom. The third kappa shape index (κ3) is 2.56. The highest BCUT2D eigenvalue weighted by Gasteiger charge is 2.30. The molecule has 1 saturated carbocycles. The van der Waals surface area contributed by atoms with E-state index in [1.165, 1.54) is 6.92 Å². The molecule has 1 aliphatic rings. The third-order valence-electron chi connectivity index (χ3n) is 3.73. The number of carbonyl (C=O) groups is 1. The van der Waals surface area contributed by atoms with Crippen LogP contribution in [0.5, 0.6) is 5.75 Å². The minimum Gasteiger partial charge on any atom is -0.490 e. The molecule has 106 valence electrons. The number of carbonyl (C=O) groups excluding carboxylic acids is 1. The van der Waals surface area contributed by atoms with E-state index in [1.54, 1.807) is 6.07 Å². The predicted molar refractivity (Wildman–Crippen MR) is 77.3 cm³/mol. The first-order chi connectivity index (χ1) is 9.65. The number of fused-ring (bicyclic) bond motifs is 1. The summed E-state index contributed by atoms with van der Waals surface area (Å²) in [5.41, 5.74) is 0.724. The van der Waals surface area contributed by atoms with Crippen molar-refractivity contribution in [3.05, 3.63) is 30.0 Å². The fourth-order valence-electron chi connectivity index (χ4n) is 2.58. The molecule has 0 amide bonds. The molecular weight excluding hydrogens is 254 g/mol. The van der Waals surface area contributed by atoms with Crippen LogP contribution < -0.4 is 10.1 Å². The average molecular weight is 273 g/mol. The Morgan fingerprint density at radius 3 is 2.90 bits per heavy atom. The lowest BCUT2D eigenvalue weighted by Crippen LogP contribution is -2.46. The number of Topliss-reactive ketones (excluding diaryl/α,β-unsaturated/α-hetero) is 1. The van der Waals surface area contributed by atoms with Crippen LogP contribution in [-0.4, -0.2) is 24.5 Å². The van der Waals surface area contributed by atoms with Gasteiger partial charge in [-0.25, -0.2) is 0 Å². The van der Waals surface area contributed by atoms with Crippen LogP contribution in [0.2, 0.25) is 0 Å². The number of nitrogens with one attached hydrogen (secondary N) is 1. The summed E-state index contributed by atoms with van der Waals surface area (Å²) < 4.78 is 11.4. The molecule has 1 heterocycles. The van der Waals surface area contributed by atoms with E-state index < -0.39 is 0 Å².